The quantitative estimate of drug-likeness (QED) is 0.0654. The smallest absolute Gasteiger partial charge is 0.386 e. The Morgan fingerprint density at radius 3 is 1.29 bits per heavy atom. The lowest BCUT2D eigenvalue weighted by atomic mass is 10.0. The lowest BCUT2D eigenvalue weighted by Crippen LogP contribution is -2.39. The van der Waals surface area contributed by atoms with Crippen molar-refractivity contribution in [2.24, 2.45) is 0 Å². The summed E-state index contributed by atoms with van der Waals surface area (Å²) in [5, 5.41) is 0. The normalized spacial score (nSPS) is 19.4. The summed E-state index contributed by atoms with van der Waals surface area (Å²) in [5.74, 6) is -3.65. The summed E-state index contributed by atoms with van der Waals surface area (Å²) in [4.78, 5) is 0. The van der Waals surface area contributed by atoms with E-state index in [4.69, 9.17) is 28.4 Å². The second-order valence-electron chi connectivity index (χ2n) is 14.4. The van der Waals surface area contributed by atoms with Gasteiger partial charge in [-0.05, 0) is 72.5 Å². The van der Waals surface area contributed by atoms with Crippen molar-refractivity contribution < 1.29 is 63.5 Å². The average molecular weight is 823 g/mol. The number of ether oxygens (including phenoxy) is 6. The third-order valence-electron chi connectivity index (χ3n) is 10.2. The summed E-state index contributed by atoms with van der Waals surface area (Å²) >= 11 is 0. The number of fused-ring (bicyclic) bond motifs is 1. The third kappa shape index (κ3) is 10.3. The molecule has 2 saturated heterocycles. The summed E-state index contributed by atoms with van der Waals surface area (Å²) in [6.07, 6.45) is -6.37. The Hall–Kier alpha value is -4.24. The van der Waals surface area contributed by atoms with Crippen LogP contribution in [0.1, 0.15) is 76.3 Å². The molecule has 0 bridgehead atoms. The van der Waals surface area contributed by atoms with E-state index in [0.29, 0.717) is 13.2 Å². The van der Waals surface area contributed by atoms with Crippen molar-refractivity contribution in [3.05, 3.63) is 107 Å². The lowest BCUT2D eigenvalue weighted by molar-refractivity contribution is -0.287. The SMILES string of the molecule is CCCCCCOc1ccc(-c2ccc(C(F)(F)O[C@H]3CO[C@@H]4[C@H]3OC[C@H]4OC(F)(F)c3ccc(-c4ccc(OCCCCCC)cc4F)cc3F)c(F)c2)c(F)c1. The molecule has 2 aliphatic rings. The molecule has 6 nitrogen and oxygen atoms in total. The Morgan fingerprint density at radius 2 is 0.931 bits per heavy atom. The zero-order chi connectivity index (χ0) is 41.5. The van der Waals surface area contributed by atoms with Crippen LogP contribution >= 0.6 is 0 Å². The van der Waals surface area contributed by atoms with Gasteiger partial charge < -0.3 is 28.4 Å². The Bertz CT molecular complexity index is 1850. The Labute approximate surface area is 332 Å². The summed E-state index contributed by atoms with van der Waals surface area (Å²) in [6.45, 7) is 3.89. The largest absolute Gasteiger partial charge is 0.493 e. The second kappa shape index (κ2) is 19.2. The van der Waals surface area contributed by atoms with E-state index >= 15 is 26.3 Å². The molecule has 0 amide bonds. The van der Waals surface area contributed by atoms with Crippen LogP contribution in [0.2, 0.25) is 0 Å². The van der Waals surface area contributed by atoms with E-state index < -0.39 is 84.2 Å². The van der Waals surface area contributed by atoms with Crippen LogP contribution in [-0.4, -0.2) is 50.8 Å². The van der Waals surface area contributed by atoms with E-state index in [2.05, 4.69) is 13.8 Å². The molecule has 2 fully saturated rings. The van der Waals surface area contributed by atoms with Gasteiger partial charge in [-0.2, -0.15) is 17.6 Å². The molecule has 4 aromatic carbocycles. The van der Waals surface area contributed by atoms with E-state index in [-0.39, 0.29) is 33.8 Å². The molecule has 0 saturated carbocycles. The van der Waals surface area contributed by atoms with E-state index in [0.717, 1.165) is 99.9 Å². The van der Waals surface area contributed by atoms with Crippen LogP contribution in [0.4, 0.5) is 35.1 Å². The molecule has 0 aliphatic carbocycles. The summed E-state index contributed by atoms with van der Waals surface area (Å²) in [7, 11) is 0. The minimum Gasteiger partial charge on any atom is -0.493 e. The van der Waals surface area contributed by atoms with Crippen LogP contribution in [-0.2, 0) is 31.2 Å². The molecule has 58 heavy (non-hydrogen) atoms. The van der Waals surface area contributed by atoms with E-state index in [9.17, 15) is 8.78 Å². The van der Waals surface area contributed by atoms with Crippen molar-refractivity contribution in [3.63, 3.8) is 0 Å². The first-order valence-corrected chi connectivity index (χ1v) is 19.6. The van der Waals surface area contributed by atoms with Crippen molar-refractivity contribution in [2.75, 3.05) is 26.4 Å². The first-order chi connectivity index (χ1) is 27.8. The van der Waals surface area contributed by atoms with Gasteiger partial charge in [0.25, 0.3) is 0 Å². The number of hydrogen-bond acceptors (Lipinski definition) is 6. The minimum absolute atomic E-state index is 0.000781. The summed E-state index contributed by atoms with van der Waals surface area (Å²) in [5.41, 5.74) is -2.36. The molecule has 4 aromatic rings. The number of hydrogen-bond donors (Lipinski definition) is 0. The topological polar surface area (TPSA) is 55.4 Å². The maximum absolute atomic E-state index is 15.4. The molecule has 6 rings (SSSR count). The van der Waals surface area contributed by atoms with Gasteiger partial charge in [0.2, 0.25) is 0 Å². The third-order valence-corrected chi connectivity index (χ3v) is 10.2. The molecule has 0 N–H and O–H groups in total. The number of halogens is 8. The molecule has 0 radical (unpaired) electrons. The van der Waals surface area contributed by atoms with E-state index in [1.807, 2.05) is 0 Å². The molecule has 14 heteroatoms. The van der Waals surface area contributed by atoms with Gasteiger partial charge in [-0.3, -0.25) is 0 Å². The zero-order valence-corrected chi connectivity index (χ0v) is 32.2. The number of alkyl halides is 4. The van der Waals surface area contributed by atoms with Gasteiger partial charge in [0.05, 0.1) is 37.6 Å². The molecule has 2 aliphatic heterocycles. The van der Waals surface area contributed by atoms with Gasteiger partial charge in [0.1, 0.15) is 59.2 Å². The van der Waals surface area contributed by atoms with E-state index in [1.54, 1.807) is 0 Å². The first kappa shape index (κ1) is 43.3. The summed E-state index contributed by atoms with van der Waals surface area (Å²) < 4.78 is 154. The maximum Gasteiger partial charge on any atom is 0.386 e. The predicted molar refractivity (Wildman–Crippen MR) is 200 cm³/mol. The fraction of sp³-hybridized carbons (Fsp3) is 0.455. The second-order valence-corrected chi connectivity index (χ2v) is 14.4. The van der Waals surface area contributed by atoms with Crippen LogP contribution in [0.5, 0.6) is 11.5 Å². The lowest BCUT2D eigenvalue weighted by Gasteiger charge is -2.25. The van der Waals surface area contributed by atoms with Gasteiger partial charge in [-0.25, -0.2) is 17.6 Å². The Morgan fingerprint density at radius 1 is 0.517 bits per heavy atom. The van der Waals surface area contributed by atoms with Crippen LogP contribution in [0.3, 0.4) is 0 Å². The maximum atomic E-state index is 15.4. The standard InChI is InChI=1S/C44H46F8O6/c1-3-5-7-9-19-53-29-13-15-31(35(45)23-29)27-11-17-33(37(47)21-27)43(49,50)57-39-25-55-42-40(26-56-41(39)42)58-44(51,52)34-18-12-28(22-38(34)48)32-16-14-30(24-36(32)46)54-20-10-8-6-4-2/h11-18,21-24,39-42H,3-10,19-20,25-26H2,1-2H3/t39-,40+,41-,42-/m0/s1. The van der Waals surface area contributed by atoms with Gasteiger partial charge in [0, 0.05) is 23.3 Å². The van der Waals surface area contributed by atoms with Crippen LogP contribution in [0.15, 0.2) is 72.8 Å². The predicted octanol–water partition coefficient (Wildman–Crippen LogP) is 11.9. The van der Waals surface area contributed by atoms with Crippen molar-refractivity contribution in [2.45, 2.75) is 102 Å². The van der Waals surface area contributed by atoms with Gasteiger partial charge >= 0.3 is 12.2 Å². The van der Waals surface area contributed by atoms with E-state index in [1.165, 1.54) is 24.3 Å². The highest BCUT2D eigenvalue weighted by Crippen LogP contribution is 2.43. The fourth-order valence-electron chi connectivity index (χ4n) is 7.05. The van der Waals surface area contributed by atoms with Gasteiger partial charge in [-0.1, -0.05) is 64.5 Å². The monoisotopic (exact) mass is 822 g/mol. The van der Waals surface area contributed by atoms with Crippen LogP contribution in [0.25, 0.3) is 22.3 Å². The minimum atomic E-state index is -4.24. The van der Waals surface area contributed by atoms with Gasteiger partial charge in [0.15, 0.2) is 0 Å². The number of rotatable bonds is 20. The molecule has 4 atom stereocenters. The van der Waals surface area contributed by atoms with Crippen molar-refractivity contribution in [1.82, 2.24) is 0 Å². The highest BCUT2D eigenvalue weighted by atomic mass is 19.3. The Balaban J connectivity index is 1.05. The van der Waals surface area contributed by atoms with Crippen LogP contribution in [0, 0.1) is 23.3 Å². The van der Waals surface area contributed by atoms with Crippen LogP contribution < -0.4 is 9.47 Å². The highest BCUT2D eigenvalue weighted by molar-refractivity contribution is 5.66. The molecular formula is C44H46F8O6. The molecule has 0 spiro atoms. The fourth-order valence-corrected chi connectivity index (χ4v) is 7.05. The molecule has 0 unspecified atom stereocenters. The van der Waals surface area contributed by atoms with Crippen molar-refractivity contribution in [1.29, 1.82) is 0 Å². The molecular weight excluding hydrogens is 776 g/mol. The van der Waals surface area contributed by atoms with Crippen molar-refractivity contribution in [3.8, 4) is 33.8 Å². The zero-order valence-electron chi connectivity index (χ0n) is 32.2. The van der Waals surface area contributed by atoms with Gasteiger partial charge in [-0.15, -0.1) is 0 Å². The number of benzene rings is 4. The molecule has 0 aromatic heterocycles. The average Bonchev–Trinajstić information content (AvgIpc) is 3.76. The van der Waals surface area contributed by atoms with Crippen molar-refractivity contribution >= 4 is 0 Å². The summed E-state index contributed by atoms with van der Waals surface area (Å²) in [6, 6.07) is 13.3. The Kier molecular flexibility index (Phi) is 14.4. The number of unbranched alkanes of at least 4 members (excludes halogenated alkanes) is 6. The highest BCUT2D eigenvalue weighted by Gasteiger charge is 2.55. The molecule has 314 valence electrons. The molecule has 2 heterocycles. The first-order valence-electron chi connectivity index (χ1n) is 19.6.